The van der Waals surface area contributed by atoms with Crippen LogP contribution in [0.15, 0.2) is 66.0 Å². The standard InChI is InChI=1S/C33H45N7O2S/c1-24-5-6-25(2)40(24)38-21-31(43-32(22-38)39-19-20-42-23-26(39)3)27-7-9-28(10-8-27)34-33(41)35-29-11-13-30(14-12-29)37-17-15-36(4)16-18-37/h7-14,21-22,24-26H,5-6,15-20,23H2,1-4H3,(H2,34,35,41)/t24-,25+,26-/m1/s1. The van der Waals surface area contributed by atoms with Crippen molar-refractivity contribution in [3.05, 3.63) is 71.5 Å². The number of anilines is 3. The van der Waals surface area contributed by atoms with E-state index in [4.69, 9.17) is 4.74 Å². The second kappa shape index (κ2) is 13.2. The van der Waals surface area contributed by atoms with Crippen LogP contribution in [-0.2, 0) is 4.74 Å². The highest BCUT2D eigenvalue weighted by molar-refractivity contribution is 8.11. The van der Waals surface area contributed by atoms with Crippen molar-refractivity contribution in [1.29, 1.82) is 0 Å². The molecule has 3 saturated heterocycles. The second-order valence-corrected chi connectivity index (χ2v) is 13.3. The number of morpholine rings is 1. The molecule has 0 radical (unpaired) electrons. The SMILES string of the molecule is C[C@@H]1COCCN1C1=CN(N2[C@H](C)CC[C@@H]2C)C=C(c2ccc(NC(=O)Nc3ccc(N4CCN(C)CC4)cc3)cc2)S1. The van der Waals surface area contributed by atoms with E-state index in [0.717, 1.165) is 62.9 Å². The van der Waals surface area contributed by atoms with Crippen molar-refractivity contribution in [1.82, 2.24) is 19.8 Å². The zero-order valence-corrected chi connectivity index (χ0v) is 26.6. The zero-order valence-electron chi connectivity index (χ0n) is 25.8. The van der Waals surface area contributed by atoms with Crippen LogP contribution >= 0.6 is 11.8 Å². The van der Waals surface area contributed by atoms with Gasteiger partial charge in [-0.2, -0.15) is 0 Å². The molecule has 4 aliphatic heterocycles. The van der Waals surface area contributed by atoms with Crippen molar-refractivity contribution in [2.45, 2.75) is 51.7 Å². The minimum Gasteiger partial charge on any atom is -0.377 e. The highest BCUT2D eigenvalue weighted by Crippen LogP contribution is 2.42. The van der Waals surface area contributed by atoms with Crippen LogP contribution in [0.4, 0.5) is 21.9 Å². The number of hydrazine groups is 1. The number of thioether (sulfide) groups is 1. The lowest BCUT2D eigenvalue weighted by atomic mass is 10.2. The Labute approximate surface area is 260 Å². The molecule has 9 nitrogen and oxygen atoms in total. The fourth-order valence-corrected chi connectivity index (χ4v) is 7.55. The van der Waals surface area contributed by atoms with Crippen molar-refractivity contribution < 1.29 is 9.53 Å². The molecule has 43 heavy (non-hydrogen) atoms. The molecule has 0 aromatic heterocycles. The normalized spacial score (nSPS) is 25.4. The number of nitrogens with one attached hydrogen (secondary N) is 2. The van der Waals surface area contributed by atoms with Crippen molar-refractivity contribution in [3.63, 3.8) is 0 Å². The van der Waals surface area contributed by atoms with Crippen LogP contribution in [0.2, 0.25) is 0 Å². The molecule has 230 valence electrons. The summed E-state index contributed by atoms with van der Waals surface area (Å²) in [6.45, 7) is 13.4. The Morgan fingerprint density at radius 2 is 1.44 bits per heavy atom. The van der Waals surface area contributed by atoms with Crippen molar-refractivity contribution >= 4 is 39.8 Å². The lowest BCUT2D eigenvalue weighted by Crippen LogP contribution is -2.46. The largest absolute Gasteiger partial charge is 0.377 e. The number of nitrogens with zero attached hydrogens (tertiary/aromatic N) is 5. The third kappa shape index (κ3) is 6.98. The van der Waals surface area contributed by atoms with E-state index in [0.29, 0.717) is 18.1 Å². The van der Waals surface area contributed by atoms with Gasteiger partial charge in [0.25, 0.3) is 0 Å². The Kier molecular flexibility index (Phi) is 9.18. The number of benzene rings is 2. The lowest BCUT2D eigenvalue weighted by Gasteiger charge is -2.42. The first-order valence-corrected chi connectivity index (χ1v) is 16.4. The number of hydrogen-bond donors (Lipinski definition) is 2. The molecule has 0 aliphatic carbocycles. The Bertz CT molecular complexity index is 1310. The van der Waals surface area contributed by atoms with E-state index in [9.17, 15) is 4.79 Å². The number of carbonyl (C=O) groups excluding carboxylic acids is 1. The van der Waals surface area contributed by atoms with E-state index in [1.807, 2.05) is 36.0 Å². The van der Waals surface area contributed by atoms with Gasteiger partial charge in [0.2, 0.25) is 0 Å². The summed E-state index contributed by atoms with van der Waals surface area (Å²) in [6, 6.07) is 17.3. The molecule has 0 unspecified atom stereocenters. The fourth-order valence-electron chi connectivity index (χ4n) is 6.36. The molecule has 2 N–H and O–H groups in total. The summed E-state index contributed by atoms with van der Waals surface area (Å²) in [4.78, 5) is 21.2. The van der Waals surface area contributed by atoms with Crippen LogP contribution in [0.5, 0.6) is 0 Å². The highest BCUT2D eigenvalue weighted by Gasteiger charge is 2.34. The molecule has 6 rings (SSSR count). The third-order valence-electron chi connectivity index (χ3n) is 8.95. The quantitative estimate of drug-likeness (QED) is 0.434. The first-order chi connectivity index (χ1) is 20.8. The minimum absolute atomic E-state index is 0.249. The van der Waals surface area contributed by atoms with Gasteiger partial charge in [0.05, 0.1) is 30.5 Å². The van der Waals surface area contributed by atoms with Crippen molar-refractivity contribution in [2.75, 3.05) is 68.5 Å². The van der Waals surface area contributed by atoms with E-state index in [1.54, 1.807) is 0 Å². The summed E-state index contributed by atoms with van der Waals surface area (Å²) >= 11 is 1.81. The molecule has 4 heterocycles. The summed E-state index contributed by atoms with van der Waals surface area (Å²) in [5, 5.41) is 12.0. The first-order valence-electron chi connectivity index (χ1n) is 15.6. The molecule has 2 aromatic carbocycles. The molecule has 0 spiro atoms. The molecule has 3 atom stereocenters. The predicted octanol–water partition coefficient (Wildman–Crippen LogP) is 5.74. The van der Waals surface area contributed by atoms with E-state index < -0.39 is 0 Å². The molecule has 2 amide bonds. The zero-order chi connectivity index (χ0) is 29.9. The van der Waals surface area contributed by atoms with Crippen molar-refractivity contribution in [2.24, 2.45) is 0 Å². The minimum atomic E-state index is -0.249. The first kappa shape index (κ1) is 29.9. The topological polar surface area (TPSA) is 66.6 Å². The molecule has 3 fully saturated rings. The number of piperazine rings is 1. The maximum atomic E-state index is 12.8. The highest BCUT2D eigenvalue weighted by atomic mass is 32.2. The second-order valence-electron chi connectivity index (χ2n) is 12.2. The van der Waals surface area contributed by atoms with Gasteiger partial charge in [-0.1, -0.05) is 23.9 Å². The Morgan fingerprint density at radius 1 is 0.814 bits per heavy atom. The van der Waals surface area contributed by atoms with E-state index in [2.05, 4.69) is 99.8 Å². The average molecular weight is 604 g/mol. The van der Waals surface area contributed by atoms with Gasteiger partial charge in [-0.3, -0.25) is 5.01 Å². The summed E-state index contributed by atoms with van der Waals surface area (Å²) in [6.07, 6.45) is 6.96. The summed E-state index contributed by atoms with van der Waals surface area (Å²) < 4.78 is 5.73. The smallest absolute Gasteiger partial charge is 0.323 e. The molecule has 0 saturated carbocycles. The van der Waals surface area contributed by atoms with Crippen molar-refractivity contribution in [3.8, 4) is 0 Å². The van der Waals surface area contributed by atoms with Gasteiger partial charge >= 0.3 is 6.03 Å². The van der Waals surface area contributed by atoms with Gasteiger partial charge in [-0.15, -0.1) is 0 Å². The van der Waals surface area contributed by atoms with Gasteiger partial charge in [-0.05, 0) is 82.6 Å². The maximum absolute atomic E-state index is 12.8. The number of ether oxygens (including phenoxy) is 1. The van der Waals surface area contributed by atoms with Gasteiger partial charge in [0.1, 0.15) is 0 Å². The van der Waals surface area contributed by atoms with Crippen LogP contribution in [0.25, 0.3) is 4.91 Å². The number of likely N-dealkylation sites (N-methyl/N-ethyl adjacent to an activating group) is 1. The summed E-state index contributed by atoms with van der Waals surface area (Å²) in [7, 11) is 2.16. The number of hydrogen-bond acceptors (Lipinski definition) is 8. The van der Waals surface area contributed by atoms with E-state index in [1.165, 1.54) is 28.5 Å². The number of rotatable bonds is 6. The van der Waals surface area contributed by atoms with Crippen LogP contribution in [-0.4, -0.2) is 97.0 Å². The van der Waals surface area contributed by atoms with E-state index in [-0.39, 0.29) is 6.03 Å². The summed E-state index contributed by atoms with van der Waals surface area (Å²) in [5.74, 6) is 0. The Morgan fingerprint density at radius 3 is 2.07 bits per heavy atom. The third-order valence-corrected chi connectivity index (χ3v) is 10.1. The molecule has 10 heteroatoms. The Balaban J connectivity index is 1.11. The molecular weight excluding hydrogens is 558 g/mol. The average Bonchev–Trinajstić information content (AvgIpc) is 3.35. The van der Waals surface area contributed by atoms with Gasteiger partial charge < -0.3 is 30.1 Å². The maximum Gasteiger partial charge on any atom is 0.323 e. The number of carbonyl (C=O) groups is 1. The van der Waals surface area contributed by atoms with Crippen LogP contribution < -0.4 is 15.5 Å². The predicted molar refractivity (Wildman–Crippen MR) is 178 cm³/mol. The molecule has 4 aliphatic rings. The van der Waals surface area contributed by atoms with Crippen LogP contribution in [0.1, 0.15) is 39.2 Å². The molecule has 2 aromatic rings. The summed E-state index contributed by atoms with van der Waals surface area (Å²) in [5.41, 5.74) is 3.86. The monoisotopic (exact) mass is 603 g/mol. The number of urea groups is 1. The Hall–Kier alpha value is -3.18. The number of amides is 2. The lowest BCUT2D eigenvalue weighted by molar-refractivity contribution is 0.00963. The fraction of sp³-hybridized carbons (Fsp3) is 0.485. The molecular formula is C33H45N7O2S. The molecule has 0 bridgehead atoms. The van der Waals surface area contributed by atoms with Gasteiger partial charge in [-0.25, -0.2) is 9.80 Å². The van der Waals surface area contributed by atoms with Crippen LogP contribution in [0.3, 0.4) is 0 Å². The van der Waals surface area contributed by atoms with Crippen LogP contribution in [0, 0.1) is 0 Å². The van der Waals surface area contributed by atoms with Gasteiger partial charge in [0.15, 0.2) is 0 Å². The van der Waals surface area contributed by atoms with Gasteiger partial charge in [0, 0.05) is 73.0 Å². The van der Waals surface area contributed by atoms with E-state index >= 15 is 0 Å².